The van der Waals surface area contributed by atoms with Gasteiger partial charge in [-0.1, -0.05) is 11.8 Å². The highest BCUT2D eigenvalue weighted by Crippen LogP contribution is 2.31. The van der Waals surface area contributed by atoms with E-state index in [0.717, 1.165) is 21.0 Å². The van der Waals surface area contributed by atoms with Gasteiger partial charge >= 0.3 is 5.69 Å². The molecule has 3 aromatic rings. The van der Waals surface area contributed by atoms with Gasteiger partial charge in [0.1, 0.15) is 0 Å². The number of aromatic nitrogens is 3. The van der Waals surface area contributed by atoms with Gasteiger partial charge in [0.2, 0.25) is 0 Å². The summed E-state index contributed by atoms with van der Waals surface area (Å²) in [5, 5.41) is 0. The summed E-state index contributed by atoms with van der Waals surface area (Å²) in [4.78, 5) is 22.7. The van der Waals surface area contributed by atoms with Crippen molar-refractivity contribution < 1.29 is 0 Å². The molecule has 4 N–H and O–H groups in total. The van der Waals surface area contributed by atoms with Crippen LogP contribution in [0.25, 0.3) is 11.2 Å². The van der Waals surface area contributed by atoms with Crippen LogP contribution in [0.2, 0.25) is 0 Å². The first-order valence-electron chi connectivity index (χ1n) is 5.33. The van der Waals surface area contributed by atoms with Crippen molar-refractivity contribution in [3.05, 3.63) is 47.0 Å². The molecule has 90 valence electrons. The largest absolute Gasteiger partial charge is 0.399 e. The monoisotopic (exact) mass is 258 g/mol. The molecule has 2 heterocycles. The number of fused-ring (bicyclic) bond motifs is 1. The van der Waals surface area contributed by atoms with Crippen LogP contribution in [0.4, 0.5) is 5.69 Å². The Hall–Kier alpha value is -2.21. The second-order valence-corrected chi connectivity index (χ2v) is 4.90. The molecule has 5 nitrogen and oxygen atoms in total. The van der Waals surface area contributed by atoms with E-state index in [9.17, 15) is 4.79 Å². The van der Waals surface area contributed by atoms with Crippen LogP contribution in [-0.2, 0) is 0 Å². The molecular weight excluding hydrogens is 248 g/mol. The first-order chi connectivity index (χ1) is 8.72. The lowest BCUT2D eigenvalue weighted by Gasteiger charge is -2.02. The minimum Gasteiger partial charge on any atom is -0.399 e. The molecule has 1 aromatic carbocycles. The summed E-state index contributed by atoms with van der Waals surface area (Å²) in [5.74, 6) is 0. The number of nitrogens with one attached hydrogen (secondary N) is 2. The zero-order valence-electron chi connectivity index (χ0n) is 9.31. The highest BCUT2D eigenvalue weighted by Gasteiger charge is 2.06. The molecule has 0 spiro atoms. The number of hydrogen-bond donors (Lipinski definition) is 3. The third-order valence-electron chi connectivity index (χ3n) is 2.49. The Morgan fingerprint density at radius 2 is 1.89 bits per heavy atom. The van der Waals surface area contributed by atoms with Crippen LogP contribution in [0.5, 0.6) is 0 Å². The van der Waals surface area contributed by atoms with Gasteiger partial charge in [-0.25, -0.2) is 9.78 Å². The highest BCUT2D eigenvalue weighted by atomic mass is 32.2. The molecule has 0 saturated carbocycles. The molecule has 3 rings (SSSR count). The number of H-pyrrole nitrogens is 2. The van der Waals surface area contributed by atoms with Gasteiger partial charge in [-0.05, 0) is 30.3 Å². The maximum atomic E-state index is 11.3. The minimum atomic E-state index is -0.247. The summed E-state index contributed by atoms with van der Waals surface area (Å²) in [7, 11) is 0. The third-order valence-corrected chi connectivity index (χ3v) is 3.56. The molecule has 0 aliphatic heterocycles. The van der Waals surface area contributed by atoms with Crippen LogP contribution in [0.1, 0.15) is 0 Å². The number of nitrogen functional groups attached to an aromatic ring is 1. The number of pyridine rings is 1. The molecule has 0 fully saturated rings. The number of imidazole rings is 1. The van der Waals surface area contributed by atoms with E-state index in [-0.39, 0.29) is 5.69 Å². The quantitative estimate of drug-likeness (QED) is 0.613. The summed E-state index contributed by atoms with van der Waals surface area (Å²) in [6.45, 7) is 0. The van der Waals surface area contributed by atoms with Gasteiger partial charge in [-0.3, -0.25) is 4.98 Å². The molecule has 0 amide bonds. The van der Waals surface area contributed by atoms with E-state index in [4.69, 9.17) is 5.73 Å². The molecule has 0 atom stereocenters. The lowest BCUT2D eigenvalue weighted by Crippen LogP contribution is -1.99. The average molecular weight is 258 g/mol. The topological polar surface area (TPSA) is 87.6 Å². The van der Waals surface area contributed by atoms with E-state index < -0.39 is 0 Å². The van der Waals surface area contributed by atoms with Crippen LogP contribution >= 0.6 is 11.8 Å². The fourth-order valence-corrected chi connectivity index (χ4v) is 2.56. The zero-order chi connectivity index (χ0) is 12.5. The van der Waals surface area contributed by atoms with E-state index in [1.807, 2.05) is 30.3 Å². The van der Waals surface area contributed by atoms with E-state index >= 15 is 0 Å². The van der Waals surface area contributed by atoms with E-state index in [1.54, 1.807) is 18.0 Å². The van der Waals surface area contributed by atoms with Crippen molar-refractivity contribution in [2.24, 2.45) is 0 Å². The predicted octanol–water partition coefficient (Wildman–Crippen LogP) is 1.98. The van der Waals surface area contributed by atoms with Crippen molar-refractivity contribution in [3.63, 3.8) is 0 Å². The van der Waals surface area contributed by atoms with Crippen molar-refractivity contribution in [2.75, 3.05) is 5.73 Å². The van der Waals surface area contributed by atoms with Crippen LogP contribution < -0.4 is 11.4 Å². The predicted molar refractivity (Wildman–Crippen MR) is 71.7 cm³/mol. The maximum Gasteiger partial charge on any atom is 0.325 e. The van der Waals surface area contributed by atoms with Crippen molar-refractivity contribution in [1.82, 2.24) is 15.0 Å². The van der Waals surface area contributed by atoms with E-state index in [0.29, 0.717) is 5.65 Å². The zero-order valence-corrected chi connectivity index (χ0v) is 10.1. The standard InChI is InChI=1S/C12H10N4OS/c13-7-1-3-8(4-2-7)18-9-5-6-14-11-10(9)15-12(17)16-11/h1-6H,13H2,(H2,14,15,16,17). The van der Waals surface area contributed by atoms with Gasteiger partial charge in [-0.2, -0.15) is 0 Å². The number of rotatable bonds is 2. The number of nitrogens with two attached hydrogens (primary N) is 1. The summed E-state index contributed by atoms with van der Waals surface area (Å²) in [6, 6.07) is 9.45. The maximum absolute atomic E-state index is 11.3. The number of aromatic amines is 2. The smallest absolute Gasteiger partial charge is 0.325 e. The number of anilines is 1. The Kier molecular flexibility index (Phi) is 2.56. The number of nitrogens with zero attached hydrogens (tertiary/aromatic N) is 1. The van der Waals surface area contributed by atoms with Crippen LogP contribution in [0, 0.1) is 0 Å². The fraction of sp³-hybridized carbons (Fsp3) is 0. The van der Waals surface area contributed by atoms with E-state index in [1.165, 1.54) is 0 Å². The van der Waals surface area contributed by atoms with Gasteiger partial charge in [0.15, 0.2) is 5.65 Å². The SMILES string of the molecule is Nc1ccc(Sc2ccnc3[nH]c(=O)[nH]c23)cc1. The Morgan fingerprint density at radius 3 is 2.67 bits per heavy atom. The third kappa shape index (κ3) is 1.98. The van der Waals surface area contributed by atoms with Gasteiger partial charge < -0.3 is 10.7 Å². The second kappa shape index (κ2) is 4.23. The van der Waals surface area contributed by atoms with Crippen LogP contribution in [0.3, 0.4) is 0 Å². The molecule has 0 saturated heterocycles. The number of benzene rings is 1. The van der Waals surface area contributed by atoms with Gasteiger partial charge in [0, 0.05) is 21.7 Å². The van der Waals surface area contributed by atoms with Gasteiger partial charge in [-0.15, -0.1) is 0 Å². The van der Waals surface area contributed by atoms with Crippen LogP contribution in [0.15, 0.2) is 51.1 Å². The molecule has 0 unspecified atom stereocenters. The van der Waals surface area contributed by atoms with Crippen molar-refractivity contribution in [1.29, 1.82) is 0 Å². The molecule has 0 bridgehead atoms. The second-order valence-electron chi connectivity index (χ2n) is 3.78. The molecule has 0 aliphatic carbocycles. The molecule has 18 heavy (non-hydrogen) atoms. The first kappa shape index (κ1) is 10.9. The fourth-order valence-electron chi connectivity index (χ4n) is 1.66. The van der Waals surface area contributed by atoms with Crippen molar-refractivity contribution in [2.45, 2.75) is 9.79 Å². The number of hydrogen-bond acceptors (Lipinski definition) is 4. The van der Waals surface area contributed by atoms with Gasteiger partial charge in [0.05, 0.1) is 5.52 Å². The van der Waals surface area contributed by atoms with Gasteiger partial charge in [0.25, 0.3) is 0 Å². The molecule has 0 radical (unpaired) electrons. The van der Waals surface area contributed by atoms with Crippen molar-refractivity contribution in [3.8, 4) is 0 Å². The summed E-state index contributed by atoms with van der Waals surface area (Å²) >= 11 is 1.55. The minimum absolute atomic E-state index is 0.247. The molecule has 0 aliphatic rings. The highest BCUT2D eigenvalue weighted by molar-refractivity contribution is 7.99. The van der Waals surface area contributed by atoms with Crippen LogP contribution in [-0.4, -0.2) is 15.0 Å². The Morgan fingerprint density at radius 1 is 1.11 bits per heavy atom. The summed E-state index contributed by atoms with van der Waals surface area (Å²) < 4.78 is 0. The summed E-state index contributed by atoms with van der Waals surface area (Å²) in [6.07, 6.45) is 1.67. The lowest BCUT2D eigenvalue weighted by molar-refractivity contribution is 1.20. The molecular formula is C12H10N4OS. The Bertz CT molecular complexity index is 745. The van der Waals surface area contributed by atoms with Crippen molar-refractivity contribution >= 4 is 28.6 Å². The average Bonchev–Trinajstić information content (AvgIpc) is 2.73. The Labute approximate surface area is 106 Å². The normalized spacial score (nSPS) is 10.9. The molecule has 2 aromatic heterocycles. The first-order valence-corrected chi connectivity index (χ1v) is 6.14. The lowest BCUT2D eigenvalue weighted by atomic mass is 10.3. The Balaban J connectivity index is 2.04. The molecule has 6 heteroatoms. The van der Waals surface area contributed by atoms with E-state index in [2.05, 4.69) is 15.0 Å². The summed E-state index contributed by atoms with van der Waals surface area (Å²) in [5.41, 5.74) is 7.42.